The molecule has 0 unspecified atom stereocenters. The second-order valence-corrected chi connectivity index (χ2v) is 5.47. The maximum Gasteiger partial charge on any atom is 0.257 e. The van der Waals surface area contributed by atoms with Crippen molar-refractivity contribution in [2.45, 2.75) is 0 Å². The van der Waals surface area contributed by atoms with E-state index in [9.17, 15) is 9.90 Å². The zero-order chi connectivity index (χ0) is 15.2. The summed E-state index contributed by atoms with van der Waals surface area (Å²) in [6, 6.07) is 14.2. The van der Waals surface area contributed by atoms with Crippen LogP contribution in [0.15, 0.2) is 53.0 Å². The number of phenolic OH excluding ortho intramolecular Hbond substituents is 1. The topological polar surface area (TPSA) is 49.8 Å². The molecule has 5 heteroatoms. The molecular formula is C16H16BrNO3. The van der Waals surface area contributed by atoms with Gasteiger partial charge in [-0.2, -0.15) is 0 Å². The van der Waals surface area contributed by atoms with Crippen LogP contribution in [0.5, 0.6) is 11.5 Å². The Balaban J connectivity index is 1.92. The third-order valence-corrected chi connectivity index (χ3v) is 3.47. The Hall–Kier alpha value is -2.01. The number of ether oxygens (including phenoxy) is 1. The quantitative estimate of drug-likeness (QED) is 0.900. The van der Waals surface area contributed by atoms with Gasteiger partial charge in [-0.15, -0.1) is 0 Å². The van der Waals surface area contributed by atoms with Crippen molar-refractivity contribution in [3.8, 4) is 11.5 Å². The van der Waals surface area contributed by atoms with Crippen LogP contribution in [-0.4, -0.2) is 36.1 Å². The first-order valence-electron chi connectivity index (χ1n) is 6.50. The molecule has 0 saturated heterocycles. The van der Waals surface area contributed by atoms with Gasteiger partial charge in [-0.1, -0.05) is 34.1 Å². The Morgan fingerprint density at radius 2 is 1.95 bits per heavy atom. The molecule has 1 amide bonds. The van der Waals surface area contributed by atoms with Gasteiger partial charge in [0.1, 0.15) is 18.1 Å². The van der Waals surface area contributed by atoms with Crippen molar-refractivity contribution in [3.05, 3.63) is 58.6 Å². The van der Waals surface area contributed by atoms with Gasteiger partial charge in [-0.3, -0.25) is 4.79 Å². The van der Waals surface area contributed by atoms with E-state index in [-0.39, 0.29) is 17.2 Å². The smallest absolute Gasteiger partial charge is 0.257 e. The van der Waals surface area contributed by atoms with E-state index in [0.29, 0.717) is 13.2 Å². The average molecular weight is 350 g/mol. The summed E-state index contributed by atoms with van der Waals surface area (Å²) in [6.07, 6.45) is 0. The molecule has 0 bridgehead atoms. The van der Waals surface area contributed by atoms with Crippen LogP contribution in [0, 0.1) is 0 Å². The highest BCUT2D eigenvalue weighted by Crippen LogP contribution is 2.23. The number of halogens is 1. The maximum atomic E-state index is 12.2. The molecule has 0 aliphatic heterocycles. The summed E-state index contributed by atoms with van der Waals surface area (Å²) < 4.78 is 6.30. The van der Waals surface area contributed by atoms with Crippen molar-refractivity contribution >= 4 is 21.8 Å². The number of aromatic hydroxyl groups is 1. The van der Waals surface area contributed by atoms with Gasteiger partial charge in [0, 0.05) is 11.5 Å². The minimum atomic E-state index is -0.245. The summed E-state index contributed by atoms with van der Waals surface area (Å²) in [5.41, 5.74) is 0.270. The van der Waals surface area contributed by atoms with Crippen molar-refractivity contribution in [1.29, 1.82) is 0 Å². The molecule has 0 aliphatic carbocycles. The molecule has 2 aromatic carbocycles. The van der Waals surface area contributed by atoms with Crippen LogP contribution in [-0.2, 0) is 0 Å². The fraction of sp³-hybridized carbons (Fsp3) is 0.188. The summed E-state index contributed by atoms with van der Waals surface area (Å²) in [7, 11) is 1.68. The lowest BCUT2D eigenvalue weighted by Gasteiger charge is -2.18. The lowest BCUT2D eigenvalue weighted by molar-refractivity contribution is 0.0770. The molecule has 110 valence electrons. The molecule has 0 heterocycles. The summed E-state index contributed by atoms with van der Waals surface area (Å²) in [5, 5.41) is 9.76. The lowest BCUT2D eigenvalue weighted by Crippen LogP contribution is -2.30. The third-order valence-electron chi connectivity index (χ3n) is 2.97. The van der Waals surface area contributed by atoms with Gasteiger partial charge >= 0.3 is 0 Å². The van der Waals surface area contributed by atoms with Crippen molar-refractivity contribution in [3.63, 3.8) is 0 Å². The molecule has 2 aromatic rings. The number of likely N-dealkylation sites (N-methyl/N-ethyl adjacent to an activating group) is 1. The Kier molecular flexibility index (Phi) is 5.22. The number of carbonyl (C=O) groups excluding carboxylic acids is 1. The van der Waals surface area contributed by atoms with Gasteiger partial charge < -0.3 is 14.7 Å². The largest absolute Gasteiger partial charge is 0.507 e. The van der Waals surface area contributed by atoms with E-state index in [1.54, 1.807) is 19.2 Å². The lowest BCUT2D eigenvalue weighted by atomic mass is 10.2. The van der Waals surface area contributed by atoms with Gasteiger partial charge in [0.25, 0.3) is 5.91 Å². The number of carbonyl (C=O) groups is 1. The maximum absolute atomic E-state index is 12.2. The highest BCUT2D eigenvalue weighted by atomic mass is 79.9. The molecule has 0 aromatic heterocycles. The van der Waals surface area contributed by atoms with Gasteiger partial charge in [-0.25, -0.2) is 0 Å². The first-order valence-corrected chi connectivity index (χ1v) is 7.29. The van der Waals surface area contributed by atoms with E-state index >= 15 is 0 Å². The van der Waals surface area contributed by atoms with Gasteiger partial charge in [-0.05, 0) is 30.3 Å². The number of phenols is 1. The molecule has 1 N–H and O–H groups in total. The summed E-state index contributed by atoms with van der Waals surface area (Å²) in [5.74, 6) is 0.494. The van der Waals surface area contributed by atoms with Crippen LogP contribution in [0.1, 0.15) is 10.4 Å². The number of rotatable bonds is 5. The van der Waals surface area contributed by atoms with E-state index in [4.69, 9.17) is 4.74 Å². The van der Waals surface area contributed by atoms with Gasteiger partial charge in [0.2, 0.25) is 0 Å². The van der Waals surface area contributed by atoms with E-state index in [1.165, 1.54) is 11.0 Å². The molecule has 21 heavy (non-hydrogen) atoms. The number of hydrogen-bond acceptors (Lipinski definition) is 3. The SMILES string of the molecule is CN(CCOc1ccccc1)C(=O)c1cc(Br)ccc1O. The predicted molar refractivity (Wildman–Crippen MR) is 84.7 cm³/mol. The first-order chi connectivity index (χ1) is 10.1. The minimum absolute atomic E-state index is 0.0287. The van der Waals surface area contributed by atoms with Crippen LogP contribution in [0.3, 0.4) is 0 Å². The molecule has 2 rings (SSSR count). The summed E-state index contributed by atoms with van der Waals surface area (Å²) >= 11 is 3.29. The standard InChI is InChI=1S/C16H16BrNO3/c1-18(9-10-21-13-5-3-2-4-6-13)16(20)14-11-12(17)7-8-15(14)19/h2-8,11,19H,9-10H2,1H3. The first kappa shape index (κ1) is 15.4. The fourth-order valence-corrected chi connectivity index (χ4v) is 2.16. The van der Waals surface area contributed by atoms with E-state index in [2.05, 4.69) is 15.9 Å². The molecule has 0 aliphatic rings. The highest BCUT2D eigenvalue weighted by Gasteiger charge is 2.16. The zero-order valence-electron chi connectivity index (χ0n) is 11.6. The Morgan fingerprint density at radius 3 is 2.67 bits per heavy atom. The molecule has 0 fully saturated rings. The number of benzene rings is 2. The predicted octanol–water partition coefficient (Wildman–Crippen LogP) is 3.31. The van der Waals surface area contributed by atoms with Crippen molar-refractivity contribution in [1.82, 2.24) is 4.90 Å². The Bertz CT molecular complexity index is 616. The van der Waals surface area contributed by atoms with Crippen LogP contribution < -0.4 is 4.74 Å². The number of amides is 1. The molecule has 0 radical (unpaired) electrons. The summed E-state index contributed by atoms with van der Waals surface area (Å²) in [4.78, 5) is 13.8. The van der Waals surface area contributed by atoms with Crippen molar-refractivity contribution < 1.29 is 14.6 Å². The molecular weight excluding hydrogens is 334 g/mol. The highest BCUT2D eigenvalue weighted by molar-refractivity contribution is 9.10. The van der Waals surface area contributed by atoms with Crippen LogP contribution >= 0.6 is 15.9 Å². The van der Waals surface area contributed by atoms with Crippen LogP contribution in [0.4, 0.5) is 0 Å². The van der Waals surface area contributed by atoms with E-state index in [0.717, 1.165) is 10.2 Å². The average Bonchev–Trinajstić information content (AvgIpc) is 2.50. The van der Waals surface area contributed by atoms with Crippen molar-refractivity contribution in [2.75, 3.05) is 20.2 Å². The van der Waals surface area contributed by atoms with Crippen molar-refractivity contribution in [2.24, 2.45) is 0 Å². The number of para-hydroxylation sites is 1. The second kappa shape index (κ2) is 7.13. The molecule has 0 spiro atoms. The molecule has 0 saturated carbocycles. The molecule has 4 nitrogen and oxygen atoms in total. The van der Waals surface area contributed by atoms with E-state index < -0.39 is 0 Å². The normalized spacial score (nSPS) is 10.2. The Morgan fingerprint density at radius 1 is 1.24 bits per heavy atom. The summed E-state index contributed by atoms with van der Waals surface area (Å²) in [6.45, 7) is 0.820. The number of nitrogens with zero attached hydrogens (tertiary/aromatic N) is 1. The van der Waals surface area contributed by atoms with E-state index in [1.807, 2.05) is 30.3 Å². The second-order valence-electron chi connectivity index (χ2n) is 4.55. The fourth-order valence-electron chi connectivity index (χ4n) is 1.80. The van der Waals surface area contributed by atoms with Crippen LogP contribution in [0.2, 0.25) is 0 Å². The minimum Gasteiger partial charge on any atom is -0.507 e. The van der Waals surface area contributed by atoms with Crippen LogP contribution in [0.25, 0.3) is 0 Å². The van der Waals surface area contributed by atoms with Gasteiger partial charge in [0.05, 0.1) is 12.1 Å². The Labute approximate surface area is 132 Å². The van der Waals surface area contributed by atoms with Gasteiger partial charge in [0.15, 0.2) is 0 Å². The zero-order valence-corrected chi connectivity index (χ0v) is 13.2. The number of hydrogen-bond donors (Lipinski definition) is 1. The third kappa shape index (κ3) is 4.23. The monoisotopic (exact) mass is 349 g/mol. The molecule has 0 atom stereocenters.